The van der Waals surface area contributed by atoms with E-state index in [1.165, 1.54) is 58.2 Å². The molecule has 0 aromatic heterocycles. The van der Waals surface area contributed by atoms with E-state index in [1.807, 2.05) is 0 Å². The number of nitrogens with zero attached hydrogens (tertiary/aromatic N) is 1. The third-order valence-corrected chi connectivity index (χ3v) is 4.87. The Kier molecular flexibility index (Phi) is 5.30. The molecule has 0 amide bonds. The topological polar surface area (TPSA) is 15.3 Å². The molecule has 2 fully saturated rings. The fourth-order valence-electron chi connectivity index (χ4n) is 3.68. The van der Waals surface area contributed by atoms with Crippen LogP contribution in [0.4, 0.5) is 0 Å². The number of likely N-dealkylation sites (tertiary alicyclic amines) is 1. The highest BCUT2D eigenvalue weighted by atomic mass is 15.2. The lowest BCUT2D eigenvalue weighted by Gasteiger charge is -2.42. The lowest BCUT2D eigenvalue weighted by atomic mass is 9.83. The molecule has 1 saturated heterocycles. The van der Waals surface area contributed by atoms with Gasteiger partial charge in [-0.25, -0.2) is 0 Å². The molecule has 1 aliphatic heterocycles. The molecule has 2 unspecified atom stereocenters. The number of piperidine rings is 1. The average molecular weight is 238 g/mol. The summed E-state index contributed by atoms with van der Waals surface area (Å²) in [6, 6.07) is 0.906. The van der Waals surface area contributed by atoms with Crippen LogP contribution < -0.4 is 5.32 Å². The third kappa shape index (κ3) is 3.69. The Balaban J connectivity index is 1.74. The van der Waals surface area contributed by atoms with E-state index in [4.69, 9.17) is 0 Å². The van der Waals surface area contributed by atoms with Crippen LogP contribution in [0.25, 0.3) is 0 Å². The summed E-state index contributed by atoms with van der Waals surface area (Å²) in [6.07, 6.45) is 8.67. The molecule has 0 radical (unpaired) electrons. The number of hydrogen-bond acceptors (Lipinski definition) is 2. The first kappa shape index (κ1) is 13.4. The van der Waals surface area contributed by atoms with Crippen LogP contribution >= 0.6 is 0 Å². The first-order valence-electron chi connectivity index (χ1n) is 7.76. The van der Waals surface area contributed by atoms with Gasteiger partial charge in [-0.2, -0.15) is 0 Å². The van der Waals surface area contributed by atoms with E-state index in [0.29, 0.717) is 0 Å². The third-order valence-electron chi connectivity index (χ3n) is 4.87. The molecule has 0 aromatic carbocycles. The van der Waals surface area contributed by atoms with Crippen molar-refractivity contribution >= 4 is 0 Å². The average Bonchev–Trinajstić information content (AvgIpc) is 2.38. The lowest BCUT2D eigenvalue weighted by molar-refractivity contribution is 0.0745. The number of rotatable bonds is 4. The van der Waals surface area contributed by atoms with Gasteiger partial charge in [0.2, 0.25) is 0 Å². The highest BCUT2D eigenvalue weighted by Crippen LogP contribution is 2.30. The Morgan fingerprint density at radius 3 is 2.41 bits per heavy atom. The summed E-state index contributed by atoms with van der Waals surface area (Å²) < 4.78 is 0. The highest BCUT2D eigenvalue weighted by Gasteiger charge is 2.29. The SMILES string of the molecule is CCNCC1CCN(C2CCCCC2C)CC1. The Bertz CT molecular complexity index is 209. The van der Waals surface area contributed by atoms with Crippen molar-refractivity contribution in [3.8, 4) is 0 Å². The Labute approximate surface area is 107 Å². The van der Waals surface area contributed by atoms with Gasteiger partial charge in [0, 0.05) is 6.04 Å². The number of hydrogen-bond donors (Lipinski definition) is 1. The molecule has 2 heteroatoms. The zero-order valence-electron chi connectivity index (χ0n) is 11.8. The van der Waals surface area contributed by atoms with Crippen molar-refractivity contribution in [2.45, 2.75) is 58.4 Å². The van der Waals surface area contributed by atoms with Gasteiger partial charge in [0.05, 0.1) is 0 Å². The van der Waals surface area contributed by atoms with Gasteiger partial charge in [0.15, 0.2) is 0 Å². The van der Waals surface area contributed by atoms with Gasteiger partial charge in [-0.3, -0.25) is 0 Å². The predicted octanol–water partition coefficient (Wildman–Crippen LogP) is 2.89. The second-order valence-corrected chi connectivity index (χ2v) is 6.12. The zero-order valence-corrected chi connectivity index (χ0v) is 11.8. The quantitative estimate of drug-likeness (QED) is 0.810. The number of nitrogens with one attached hydrogen (secondary N) is 1. The molecule has 2 atom stereocenters. The van der Waals surface area contributed by atoms with Crippen LogP contribution in [0.2, 0.25) is 0 Å². The van der Waals surface area contributed by atoms with E-state index < -0.39 is 0 Å². The van der Waals surface area contributed by atoms with E-state index in [2.05, 4.69) is 24.1 Å². The largest absolute Gasteiger partial charge is 0.317 e. The van der Waals surface area contributed by atoms with Crippen molar-refractivity contribution < 1.29 is 0 Å². The first-order chi connectivity index (χ1) is 8.31. The molecule has 1 aliphatic carbocycles. The van der Waals surface area contributed by atoms with Gasteiger partial charge in [0.1, 0.15) is 0 Å². The smallest absolute Gasteiger partial charge is 0.0121 e. The summed E-state index contributed by atoms with van der Waals surface area (Å²) in [5.41, 5.74) is 0. The fourth-order valence-corrected chi connectivity index (χ4v) is 3.68. The van der Waals surface area contributed by atoms with Crippen molar-refractivity contribution in [1.82, 2.24) is 10.2 Å². The molecule has 2 aliphatic rings. The van der Waals surface area contributed by atoms with Gasteiger partial charge in [-0.05, 0) is 63.7 Å². The molecule has 17 heavy (non-hydrogen) atoms. The van der Waals surface area contributed by atoms with Crippen molar-refractivity contribution in [3.63, 3.8) is 0 Å². The van der Waals surface area contributed by atoms with Crippen LogP contribution in [0.3, 0.4) is 0 Å². The zero-order chi connectivity index (χ0) is 12.1. The van der Waals surface area contributed by atoms with Gasteiger partial charge in [0.25, 0.3) is 0 Å². The summed E-state index contributed by atoms with van der Waals surface area (Å²) >= 11 is 0. The minimum absolute atomic E-state index is 0.906. The van der Waals surface area contributed by atoms with Crippen molar-refractivity contribution in [2.75, 3.05) is 26.2 Å². The van der Waals surface area contributed by atoms with Crippen LogP contribution in [0.15, 0.2) is 0 Å². The van der Waals surface area contributed by atoms with Crippen molar-refractivity contribution in [1.29, 1.82) is 0 Å². The molecule has 0 spiro atoms. The first-order valence-corrected chi connectivity index (χ1v) is 7.76. The standard InChI is InChI=1S/C15H30N2/c1-3-16-12-14-8-10-17(11-9-14)15-7-5-4-6-13(15)2/h13-16H,3-12H2,1-2H3. The van der Waals surface area contributed by atoms with Crippen LogP contribution in [0, 0.1) is 11.8 Å². The predicted molar refractivity (Wildman–Crippen MR) is 74.3 cm³/mol. The molecule has 1 N–H and O–H groups in total. The van der Waals surface area contributed by atoms with Gasteiger partial charge in [-0.15, -0.1) is 0 Å². The van der Waals surface area contributed by atoms with Gasteiger partial charge < -0.3 is 10.2 Å². The molecule has 2 rings (SSSR count). The van der Waals surface area contributed by atoms with Crippen LogP contribution in [0.5, 0.6) is 0 Å². The van der Waals surface area contributed by atoms with E-state index in [1.54, 1.807) is 0 Å². The molecule has 2 nitrogen and oxygen atoms in total. The maximum Gasteiger partial charge on any atom is 0.0121 e. The molecule has 100 valence electrons. The van der Waals surface area contributed by atoms with Crippen molar-refractivity contribution in [3.05, 3.63) is 0 Å². The summed E-state index contributed by atoms with van der Waals surface area (Å²) in [6.45, 7) is 9.74. The van der Waals surface area contributed by atoms with Crippen molar-refractivity contribution in [2.24, 2.45) is 11.8 Å². The Morgan fingerprint density at radius 1 is 1.06 bits per heavy atom. The monoisotopic (exact) mass is 238 g/mol. The minimum Gasteiger partial charge on any atom is -0.317 e. The molecular formula is C15H30N2. The maximum atomic E-state index is 3.50. The summed E-state index contributed by atoms with van der Waals surface area (Å²) in [7, 11) is 0. The van der Waals surface area contributed by atoms with E-state index >= 15 is 0 Å². The highest BCUT2D eigenvalue weighted by molar-refractivity contribution is 4.84. The lowest BCUT2D eigenvalue weighted by Crippen LogP contribution is -2.46. The molecule has 0 bridgehead atoms. The van der Waals surface area contributed by atoms with Gasteiger partial charge in [-0.1, -0.05) is 26.7 Å². The minimum atomic E-state index is 0.906. The Hall–Kier alpha value is -0.0800. The second-order valence-electron chi connectivity index (χ2n) is 6.12. The normalized spacial score (nSPS) is 32.8. The summed E-state index contributed by atoms with van der Waals surface area (Å²) in [5.74, 6) is 1.87. The molecule has 0 aromatic rings. The van der Waals surface area contributed by atoms with Gasteiger partial charge >= 0.3 is 0 Å². The summed E-state index contributed by atoms with van der Waals surface area (Å²) in [5, 5.41) is 3.50. The maximum absolute atomic E-state index is 3.50. The van der Waals surface area contributed by atoms with Crippen LogP contribution in [0.1, 0.15) is 52.4 Å². The molecular weight excluding hydrogens is 208 g/mol. The Morgan fingerprint density at radius 2 is 1.76 bits per heavy atom. The van der Waals surface area contributed by atoms with Crippen LogP contribution in [-0.4, -0.2) is 37.1 Å². The van der Waals surface area contributed by atoms with Crippen LogP contribution in [-0.2, 0) is 0 Å². The fraction of sp³-hybridized carbons (Fsp3) is 1.00. The summed E-state index contributed by atoms with van der Waals surface area (Å²) in [4.78, 5) is 2.80. The molecule has 1 heterocycles. The molecule has 1 saturated carbocycles. The van der Waals surface area contributed by atoms with E-state index in [-0.39, 0.29) is 0 Å². The second kappa shape index (κ2) is 6.75. The van der Waals surface area contributed by atoms with E-state index in [0.717, 1.165) is 24.4 Å². The van der Waals surface area contributed by atoms with E-state index in [9.17, 15) is 0 Å².